The van der Waals surface area contributed by atoms with Gasteiger partial charge in [0.2, 0.25) is 0 Å². The zero-order valence-corrected chi connectivity index (χ0v) is 12.7. The van der Waals surface area contributed by atoms with Crippen molar-refractivity contribution in [2.75, 3.05) is 11.9 Å². The number of hydrogen-bond donors (Lipinski definition) is 1. The van der Waals surface area contributed by atoms with Crippen molar-refractivity contribution in [1.82, 2.24) is 24.3 Å². The fourth-order valence-corrected chi connectivity index (χ4v) is 2.79. The van der Waals surface area contributed by atoms with Gasteiger partial charge in [-0.2, -0.15) is 5.10 Å². The summed E-state index contributed by atoms with van der Waals surface area (Å²) >= 11 is 1.56. The first-order valence-electron chi connectivity index (χ1n) is 6.75. The highest BCUT2D eigenvalue weighted by Gasteiger charge is 2.11. The van der Waals surface area contributed by atoms with E-state index in [0.29, 0.717) is 5.82 Å². The Morgan fingerprint density at radius 1 is 1.38 bits per heavy atom. The van der Waals surface area contributed by atoms with E-state index in [0.717, 1.165) is 29.0 Å². The summed E-state index contributed by atoms with van der Waals surface area (Å²) < 4.78 is 2.79. The SMILES string of the molecule is CCCNc1nc(Cn2ncn(C)c2=O)nc2sccc12. The molecule has 0 fully saturated rings. The molecule has 3 rings (SSSR count). The van der Waals surface area contributed by atoms with Gasteiger partial charge in [-0.3, -0.25) is 4.57 Å². The number of fused-ring (bicyclic) bond motifs is 1. The number of aromatic nitrogens is 5. The summed E-state index contributed by atoms with van der Waals surface area (Å²) in [6.45, 7) is 3.23. The Morgan fingerprint density at radius 3 is 2.95 bits per heavy atom. The van der Waals surface area contributed by atoms with Gasteiger partial charge in [0, 0.05) is 13.6 Å². The molecule has 0 saturated heterocycles. The van der Waals surface area contributed by atoms with Crippen molar-refractivity contribution in [3.63, 3.8) is 0 Å². The van der Waals surface area contributed by atoms with Gasteiger partial charge in [-0.1, -0.05) is 6.92 Å². The van der Waals surface area contributed by atoms with Crippen LogP contribution in [0.4, 0.5) is 5.82 Å². The number of aryl methyl sites for hydroxylation is 1. The molecule has 3 heterocycles. The maximum Gasteiger partial charge on any atom is 0.345 e. The summed E-state index contributed by atoms with van der Waals surface area (Å²) in [6.07, 6.45) is 2.51. The Hall–Kier alpha value is -2.22. The Morgan fingerprint density at radius 2 is 2.24 bits per heavy atom. The minimum absolute atomic E-state index is 0.173. The molecule has 0 aliphatic carbocycles. The quantitative estimate of drug-likeness (QED) is 0.772. The summed E-state index contributed by atoms with van der Waals surface area (Å²) in [5.74, 6) is 1.41. The number of anilines is 1. The molecule has 0 spiro atoms. The monoisotopic (exact) mass is 304 g/mol. The van der Waals surface area contributed by atoms with Crippen LogP contribution in [0.3, 0.4) is 0 Å². The number of nitrogens with zero attached hydrogens (tertiary/aromatic N) is 5. The molecule has 0 unspecified atom stereocenters. The molecule has 110 valence electrons. The normalized spacial score (nSPS) is 11.1. The fourth-order valence-electron chi connectivity index (χ4n) is 2.01. The molecule has 0 atom stereocenters. The zero-order chi connectivity index (χ0) is 14.8. The second-order valence-electron chi connectivity index (χ2n) is 4.74. The smallest absolute Gasteiger partial charge is 0.345 e. The highest BCUT2D eigenvalue weighted by molar-refractivity contribution is 7.16. The van der Waals surface area contributed by atoms with Gasteiger partial charge in [0.1, 0.15) is 23.5 Å². The van der Waals surface area contributed by atoms with Crippen LogP contribution in [0, 0.1) is 0 Å². The predicted octanol–water partition coefficient (Wildman–Crippen LogP) is 1.46. The van der Waals surface area contributed by atoms with Gasteiger partial charge in [0.05, 0.1) is 5.39 Å². The Balaban J connectivity index is 1.98. The van der Waals surface area contributed by atoms with Gasteiger partial charge in [0.25, 0.3) is 0 Å². The molecule has 21 heavy (non-hydrogen) atoms. The molecule has 0 aliphatic rings. The number of nitrogens with one attached hydrogen (secondary N) is 1. The lowest BCUT2D eigenvalue weighted by molar-refractivity contribution is 0.624. The molecular weight excluding hydrogens is 288 g/mol. The summed E-state index contributed by atoms with van der Waals surface area (Å²) in [5, 5.41) is 10.4. The van der Waals surface area contributed by atoms with Crippen LogP contribution in [0.5, 0.6) is 0 Å². The Kier molecular flexibility index (Phi) is 3.70. The highest BCUT2D eigenvalue weighted by atomic mass is 32.1. The zero-order valence-electron chi connectivity index (χ0n) is 11.9. The summed E-state index contributed by atoms with van der Waals surface area (Å²) in [7, 11) is 1.67. The molecule has 0 amide bonds. The maximum atomic E-state index is 11.8. The molecule has 0 aliphatic heterocycles. The minimum atomic E-state index is -0.173. The van der Waals surface area contributed by atoms with Crippen LogP contribution in [-0.2, 0) is 13.6 Å². The third kappa shape index (κ3) is 2.66. The van der Waals surface area contributed by atoms with Crippen molar-refractivity contribution in [3.05, 3.63) is 34.1 Å². The summed E-state index contributed by atoms with van der Waals surface area (Å²) in [5.41, 5.74) is -0.173. The first-order chi connectivity index (χ1) is 10.2. The fraction of sp³-hybridized carbons (Fsp3) is 0.385. The molecule has 0 bridgehead atoms. The molecule has 8 heteroatoms. The van der Waals surface area contributed by atoms with E-state index in [1.165, 1.54) is 15.6 Å². The lowest BCUT2D eigenvalue weighted by atomic mass is 10.3. The van der Waals surface area contributed by atoms with Crippen molar-refractivity contribution in [2.45, 2.75) is 19.9 Å². The van der Waals surface area contributed by atoms with Crippen LogP contribution in [0.2, 0.25) is 0 Å². The van der Waals surface area contributed by atoms with E-state index in [-0.39, 0.29) is 12.2 Å². The average molecular weight is 304 g/mol. The number of thiophene rings is 1. The Bertz CT molecular complexity index is 818. The van der Waals surface area contributed by atoms with E-state index < -0.39 is 0 Å². The van der Waals surface area contributed by atoms with Crippen molar-refractivity contribution in [2.24, 2.45) is 7.05 Å². The van der Waals surface area contributed by atoms with Crippen molar-refractivity contribution in [3.8, 4) is 0 Å². The van der Waals surface area contributed by atoms with Crippen LogP contribution in [0.25, 0.3) is 10.2 Å². The minimum Gasteiger partial charge on any atom is -0.369 e. The average Bonchev–Trinajstić information content (AvgIpc) is 3.06. The van der Waals surface area contributed by atoms with Crippen molar-refractivity contribution in [1.29, 1.82) is 0 Å². The van der Waals surface area contributed by atoms with E-state index in [4.69, 9.17) is 0 Å². The first kappa shape index (κ1) is 13.7. The highest BCUT2D eigenvalue weighted by Crippen LogP contribution is 2.25. The van der Waals surface area contributed by atoms with Crippen LogP contribution in [-0.4, -0.2) is 30.9 Å². The van der Waals surface area contributed by atoms with Gasteiger partial charge in [-0.25, -0.2) is 19.4 Å². The van der Waals surface area contributed by atoms with Crippen LogP contribution < -0.4 is 11.0 Å². The summed E-state index contributed by atoms with van der Waals surface area (Å²) in [4.78, 5) is 21.8. The Labute approximate surface area is 125 Å². The third-order valence-electron chi connectivity index (χ3n) is 3.09. The number of rotatable bonds is 5. The van der Waals surface area contributed by atoms with Gasteiger partial charge in [0.15, 0.2) is 5.82 Å². The van der Waals surface area contributed by atoms with E-state index in [1.54, 1.807) is 18.4 Å². The predicted molar refractivity (Wildman–Crippen MR) is 82.8 cm³/mol. The lowest BCUT2D eigenvalue weighted by Gasteiger charge is -2.07. The van der Waals surface area contributed by atoms with Crippen LogP contribution in [0.15, 0.2) is 22.6 Å². The van der Waals surface area contributed by atoms with E-state index in [1.807, 2.05) is 11.4 Å². The van der Waals surface area contributed by atoms with Gasteiger partial charge >= 0.3 is 5.69 Å². The second-order valence-corrected chi connectivity index (χ2v) is 5.63. The first-order valence-corrected chi connectivity index (χ1v) is 7.63. The molecule has 1 N–H and O–H groups in total. The van der Waals surface area contributed by atoms with Crippen LogP contribution >= 0.6 is 11.3 Å². The maximum absolute atomic E-state index is 11.8. The number of hydrogen-bond acceptors (Lipinski definition) is 6. The van der Waals surface area contributed by atoms with Crippen molar-refractivity contribution < 1.29 is 0 Å². The standard InChI is InChI=1S/C13H16N6OS/c1-3-5-14-11-9-4-6-21-12(9)17-10(16-11)7-19-13(20)18(2)8-15-19/h4,6,8H,3,5,7H2,1-2H3,(H,14,16,17). The summed E-state index contributed by atoms with van der Waals surface area (Å²) in [6, 6.07) is 2.01. The third-order valence-corrected chi connectivity index (χ3v) is 3.90. The van der Waals surface area contributed by atoms with Gasteiger partial charge in [-0.05, 0) is 17.9 Å². The lowest BCUT2D eigenvalue weighted by Crippen LogP contribution is -2.24. The second kappa shape index (κ2) is 5.65. The molecule has 0 radical (unpaired) electrons. The van der Waals surface area contributed by atoms with Crippen molar-refractivity contribution >= 4 is 27.4 Å². The molecular formula is C13H16N6OS. The molecule has 3 aromatic rings. The topological polar surface area (TPSA) is 77.6 Å². The van der Waals surface area contributed by atoms with Gasteiger partial charge in [-0.15, -0.1) is 11.3 Å². The molecule has 3 aromatic heterocycles. The van der Waals surface area contributed by atoms with Crippen LogP contribution in [0.1, 0.15) is 19.2 Å². The van der Waals surface area contributed by atoms with Gasteiger partial charge < -0.3 is 5.32 Å². The van der Waals surface area contributed by atoms with E-state index >= 15 is 0 Å². The molecule has 0 saturated carbocycles. The van der Waals surface area contributed by atoms with E-state index in [9.17, 15) is 4.79 Å². The van der Waals surface area contributed by atoms with E-state index in [2.05, 4.69) is 27.3 Å². The largest absolute Gasteiger partial charge is 0.369 e. The molecule has 0 aromatic carbocycles. The molecule has 7 nitrogen and oxygen atoms in total.